The Morgan fingerprint density at radius 2 is 1.29 bits per heavy atom. The summed E-state index contributed by atoms with van der Waals surface area (Å²) in [5.41, 5.74) is 5.79. The van der Waals surface area contributed by atoms with Gasteiger partial charge in [-0.15, -0.1) is 0 Å². The molecular weight excluding hydrogens is 463 g/mol. The van der Waals surface area contributed by atoms with Crippen molar-refractivity contribution in [1.29, 1.82) is 0 Å². The number of fused-ring (bicyclic) bond motifs is 1. The maximum atomic E-state index is 15.2. The fraction of sp³-hybridized carbons (Fsp3) is 0.243. The van der Waals surface area contributed by atoms with Crippen LogP contribution in [0.5, 0.6) is 0 Å². The van der Waals surface area contributed by atoms with Gasteiger partial charge in [-0.3, -0.25) is 0 Å². The zero-order valence-electron chi connectivity index (χ0n) is 22.5. The van der Waals surface area contributed by atoms with Gasteiger partial charge in [0.2, 0.25) is 0 Å². The molecule has 0 unspecified atom stereocenters. The van der Waals surface area contributed by atoms with Gasteiger partial charge in [0.15, 0.2) is 0 Å². The first-order chi connectivity index (χ1) is 18.7. The lowest BCUT2D eigenvalue weighted by atomic mass is 10.0. The van der Waals surface area contributed by atoms with Crippen LogP contribution in [0.3, 0.4) is 0 Å². The van der Waals surface area contributed by atoms with Gasteiger partial charge in [-0.1, -0.05) is 98.4 Å². The first-order valence-electron chi connectivity index (χ1n) is 13.7. The van der Waals surface area contributed by atoms with Gasteiger partial charge in [0.05, 0.1) is 5.56 Å². The molecule has 0 aliphatic rings. The first-order valence-corrected chi connectivity index (χ1v) is 13.7. The Balaban J connectivity index is 1.43. The van der Waals surface area contributed by atoms with Gasteiger partial charge in [-0.2, -0.15) is 0 Å². The van der Waals surface area contributed by atoms with Crippen LogP contribution < -0.4 is 0 Å². The SMILES string of the molecule is C/C=C/CCc1ccc(C#Cc2ccc3c(F)c(C#Cc4ccc(CCCCCC)cc4)ccc3c2)cc1. The molecule has 0 saturated heterocycles. The van der Waals surface area contributed by atoms with E-state index in [0.717, 1.165) is 41.3 Å². The van der Waals surface area contributed by atoms with Gasteiger partial charge in [0, 0.05) is 22.1 Å². The Hall–Kier alpha value is -4.07. The predicted octanol–water partition coefficient (Wildman–Crippen LogP) is 9.41. The third kappa shape index (κ3) is 7.71. The fourth-order valence-electron chi connectivity index (χ4n) is 4.43. The lowest BCUT2D eigenvalue weighted by molar-refractivity contribution is 0.636. The van der Waals surface area contributed by atoms with Crippen molar-refractivity contribution in [2.75, 3.05) is 0 Å². The zero-order chi connectivity index (χ0) is 26.6. The van der Waals surface area contributed by atoms with E-state index < -0.39 is 0 Å². The number of aryl methyl sites for hydroxylation is 2. The zero-order valence-corrected chi connectivity index (χ0v) is 22.5. The normalized spacial score (nSPS) is 10.7. The van der Waals surface area contributed by atoms with Gasteiger partial charge >= 0.3 is 0 Å². The molecule has 0 fully saturated rings. The summed E-state index contributed by atoms with van der Waals surface area (Å²) in [6.07, 6.45) is 12.5. The highest BCUT2D eigenvalue weighted by molar-refractivity contribution is 5.86. The second-order valence-electron chi connectivity index (χ2n) is 9.68. The molecule has 1 heteroatoms. The molecule has 190 valence electrons. The van der Waals surface area contributed by atoms with E-state index in [-0.39, 0.29) is 5.82 Å². The smallest absolute Gasteiger partial charge is 0.146 e. The molecule has 4 rings (SSSR count). The molecule has 0 atom stereocenters. The van der Waals surface area contributed by atoms with Crippen LogP contribution in [-0.4, -0.2) is 0 Å². The van der Waals surface area contributed by atoms with Crippen LogP contribution in [-0.2, 0) is 12.8 Å². The van der Waals surface area contributed by atoms with E-state index in [4.69, 9.17) is 0 Å². The van der Waals surface area contributed by atoms with Crippen molar-refractivity contribution in [2.45, 2.75) is 58.8 Å². The predicted molar refractivity (Wildman–Crippen MR) is 160 cm³/mol. The third-order valence-corrected chi connectivity index (χ3v) is 6.71. The molecule has 0 saturated carbocycles. The molecule has 4 aromatic carbocycles. The van der Waals surface area contributed by atoms with Crippen molar-refractivity contribution in [3.63, 3.8) is 0 Å². The van der Waals surface area contributed by atoms with E-state index >= 15 is 4.39 Å². The molecule has 4 aromatic rings. The summed E-state index contributed by atoms with van der Waals surface area (Å²) < 4.78 is 15.2. The lowest BCUT2D eigenvalue weighted by Crippen LogP contribution is -1.88. The van der Waals surface area contributed by atoms with Crippen molar-refractivity contribution < 1.29 is 4.39 Å². The molecule has 0 spiro atoms. The molecule has 0 amide bonds. The quantitative estimate of drug-likeness (QED) is 0.129. The van der Waals surface area contributed by atoms with Crippen LogP contribution in [0.2, 0.25) is 0 Å². The third-order valence-electron chi connectivity index (χ3n) is 6.71. The average Bonchev–Trinajstić information content (AvgIpc) is 2.95. The van der Waals surface area contributed by atoms with Crippen molar-refractivity contribution in [2.24, 2.45) is 0 Å². The highest BCUT2D eigenvalue weighted by Gasteiger charge is 2.06. The van der Waals surface area contributed by atoms with Crippen molar-refractivity contribution in [1.82, 2.24) is 0 Å². The van der Waals surface area contributed by atoms with Crippen LogP contribution in [0.25, 0.3) is 10.8 Å². The molecule has 0 aromatic heterocycles. The topological polar surface area (TPSA) is 0 Å². The average molecular weight is 499 g/mol. The maximum absolute atomic E-state index is 15.2. The number of hydrogen-bond acceptors (Lipinski definition) is 0. The minimum atomic E-state index is -0.282. The van der Waals surface area contributed by atoms with Gasteiger partial charge in [0.25, 0.3) is 0 Å². The van der Waals surface area contributed by atoms with E-state index in [1.165, 1.54) is 36.8 Å². The summed E-state index contributed by atoms with van der Waals surface area (Å²) in [5, 5.41) is 1.39. The second kappa shape index (κ2) is 14.0. The molecule has 0 bridgehead atoms. The summed E-state index contributed by atoms with van der Waals surface area (Å²) in [5.74, 6) is 12.3. The van der Waals surface area contributed by atoms with Gasteiger partial charge in [-0.25, -0.2) is 4.39 Å². The standard InChI is InChI=1S/C37H35F/c1-3-5-7-9-11-30-14-18-32(19-15-30)22-24-34-25-26-35-28-33(23-27-36(35)37(34)38)21-20-31-16-12-29(13-17-31)10-8-6-4-2/h4,6,12-19,23,25-28H,3,5,7-11H2,1-2H3/b6-4+. The van der Waals surface area contributed by atoms with Crippen LogP contribution in [0, 0.1) is 29.5 Å². The number of hydrogen-bond donors (Lipinski definition) is 0. The van der Waals surface area contributed by atoms with E-state index in [0.29, 0.717) is 10.9 Å². The number of rotatable bonds is 8. The summed E-state index contributed by atoms with van der Waals surface area (Å²) >= 11 is 0. The number of unbranched alkanes of at least 4 members (excludes halogenated alkanes) is 3. The summed E-state index contributed by atoms with van der Waals surface area (Å²) in [7, 11) is 0. The molecule has 0 heterocycles. The highest BCUT2D eigenvalue weighted by Crippen LogP contribution is 2.22. The van der Waals surface area contributed by atoms with Gasteiger partial charge in [0.1, 0.15) is 5.82 Å². The fourth-order valence-corrected chi connectivity index (χ4v) is 4.43. The van der Waals surface area contributed by atoms with Gasteiger partial charge < -0.3 is 0 Å². The largest absolute Gasteiger partial charge is 0.205 e. The van der Waals surface area contributed by atoms with E-state index in [1.807, 2.05) is 37.3 Å². The second-order valence-corrected chi connectivity index (χ2v) is 9.68. The minimum Gasteiger partial charge on any atom is -0.205 e. The summed E-state index contributed by atoms with van der Waals surface area (Å²) in [4.78, 5) is 0. The van der Waals surface area contributed by atoms with Crippen LogP contribution in [0.4, 0.5) is 4.39 Å². The van der Waals surface area contributed by atoms with Crippen LogP contribution >= 0.6 is 0 Å². The van der Waals surface area contributed by atoms with Crippen molar-refractivity contribution in [3.8, 4) is 23.7 Å². The van der Waals surface area contributed by atoms with Gasteiger partial charge in [-0.05, 0) is 91.6 Å². The lowest BCUT2D eigenvalue weighted by Gasteiger charge is -2.03. The molecule has 38 heavy (non-hydrogen) atoms. The molecule has 0 N–H and O–H groups in total. The number of halogens is 1. The Bertz CT molecular complexity index is 1500. The van der Waals surface area contributed by atoms with Crippen LogP contribution in [0.15, 0.2) is 91.0 Å². The molecule has 0 aliphatic carbocycles. The maximum Gasteiger partial charge on any atom is 0.146 e. The first kappa shape index (κ1) is 27.0. The van der Waals surface area contributed by atoms with Crippen molar-refractivity contribution in [3.05, 3.63) is 130 Å². The molecule has 0 aliphatic heterocycles. The summed E-state index contributed by atoms with van der Waals surface area (Å²) in [6, 6.07) is 26.0. The Labute approximate surface area is 227 Å². The Kier molecular flexibility index (Phi) is 9.96. The summed E-state index contributed by atoms with van der Waals surface area (Å²) in [6.45, 7) is 4.27. The number of benzene rings is 4. The Morgan fingerprint density at radius 3 is 1.97 bits per heavy atom. The molecular formula is C37H35F. The minimum absolute atomic E-state index is 0.282. The monoisotopic (exact) mass is 498 g/mol. The molecule has 0 nitrogen and oxygen atoms in total. The molecule has 0 radical (unpaired) electrons. The van der Waals surface area contributed by atoms with Crippen LogP contribution in [0.1, 0.15) is 79.3 Å². The highest BCUT2D eigenvalue weighted by atomic mass is 19.1. The number of allylic oxidation sites excluding steroid dienone is 2. The van der Waals surface area contributed by atoms with E-state index in [1.54, 1.807) is 12.1 Å². The van der Waals surface area contributed by atoms with Crippen molar-refractivity contribution >= 4 is 10.8 Å². The van der Waals surface area contributed by atoms with E-state index in [2.05, 4.69) is 79.2 Å². The van der Waals surface area contributed by atoms with E-state index in [9.17, 15) is 0 Å². The Morgan fingerprint density at radius 1 is 0.658 bits per heavy atom.